The molecule has 2 bridgehead atoms. The summed E-state index contributed by atoms with van der Waals surface area (Å²) in [6, 6.07) is 4.72. The van der Waals surface area contributed by atoms with Crippen LogP contribution in [0, 0.1) is 14.9 Å². The third kappa shape index (κ3) is 3.23. The Bertz CT molecular complexity index is 678. The average Bonchev–Trinajstić information content (AvgIpc) is 2.77. The summed E-state index contributed by atoms with van der Waals surface area (Å²) < 4.78 is 6.60. The topological polar surface area (TPSA) is 66.2 Å². The van der Waals surface area contributed by atoms with Gasteiger partial charge in [0.2, 0.25) is 0 Å². The number of aromatic nitrogens is 1. The molecule has 128 valence electrons. The number of pyridine rings is 1. The summed E-state index contributed by atoms with van der Waals surface area (Å²) in [4.78, 5) is 18.7. The van der Waals surface area contributed by atoms with Gasteiger partial charge in [-0.05, 0) is 80.7 Å². The SMILES string of the molecule is CC(C)(C)OC(=O)N1C2CC[C@H]1CC(C#N)(c1cncc(I)c1)C2. The molecular formula is C18H22IN3O2. The van der Waals surface area contributed by atoms with Crippen LogP contribution in [-0.2, 0) is 10.2 Å². The zero-order chi connectivity index (χ0) is 17.5. The largest absolute Gasteiger partial charge is 0.444 e. The zero-order valence-electron chi connectivity index (χ0n) is 14.3. The second kappa shape index (κ2) is 6.17. The second-order valence-electron chi connectivity index (χ2n) is 7.77. The van der Waals surface area contributed by atoms with E-state index in [0.29, 0.717) is 12.8 Å². The molecule has 0 spiro atoms. The van der Waals surface area contributed by atoms with Crippen molar-refractivity contribution in [2.24, 2.45) is 0 Å². The Morgan fingerprint density at radius 3 is 2.50 bits per heavy atom. The number of amides is 1. The van der Waals surface area contributed by atoms with Gasteiger partial charge in [0.1, 0.15) is 5.60 Å². The maximum Gasteiger partial charge on any atom is 0.410 e. The minimum atomic E-state index is -0.557. The Labute approximate surface area is 156 Å². The molecule has 3 atom stereocenters. The predicted octanol–water partition coefficient (Wildman–Crippen LogP) is 4.01. The van der Waals surface area contributed by atoms with Crippen molar-refractivity contribution in [3.63, 3.8) is 0 Å². The molecule has 24 heavy (non-hydrogen) atoms. The van der Waals surface area contributed by atoms with Gasteiger partial charge in [-0.1, -0.05) is 0 Å². The first-order valence-electron chi connectivity index (χ1n) is 8.28. The normalized spacial score (nSPS) is 29.2. The first-order valence-corrected chi connectivity index (χ1v) is 9.35. The molecule has 3 rings (SSSR count). The lowest BCUT2D eigenvalue weighted by Gasteiger charge is -2.43. The molecule has 0 aliphatic carbocycles. The Hall–Kier alpha value is -1.36. The van der Waals surface area contributed by atoms with Gasteiger partial charge in [-0.3, -0.25) is 4.98 Å². The molecule has 2 aliphatic heterocycles. The maximum atomic E-state index is 12.6. The van der Waals surface area contributed by atoms with Gasteiger partial charge < -0.3 is 9.64 Å². The summed E-state index contributed by atoms with van der Waals surface area (Å²) in [5, 5.41) is 9.95. The van der Waals surface area contributed by atoms with Gasteiger partial charge >= 0.3 is 6.09 Å². The third-order valence-corrected chi connectivity index (χ3v) is 5.45. The lowest BCUT2D eigenvalue weighted by atomic mass is 9.71. The number of fused-ring (bicyclic) bond motifs is 2. The van der Waals surface area contributed by atoms with Crippen LogP contribution >= 0.6 is 22.6 Å². The van der Waals surface area contributed by atoms with Crippen molar-refractivity contribution in [2.75, 3.05) is 0 Å². The number of piperidine rings is 1. The molecule has 0 N–H and O–H groups in total. The third-order valence-electron chi connectivity index (χ3n) is 4.86. The molecule has 1 aromatic rings. The smallest absolute Gasteiger partial charge is 0.410 e. The fraction of sp³-hybridized carbons (Fsp3) is 0.611. The van der Waals surface area contributed by atoms with Crippen molar-refractivity contribution in [1.29, 1.82) is 5.26 Å². The van der Waals surface area contributed by atoms with E-state index in [4.69, 9.17) is 4.74 Å². The molecule has 2 unspecified atom stereocenters. The first-order chi connectivity index (χ1) is 11.2. The minimum Gasteiger partial charge on any atom is -0.444 e. The monoisotopic (exact) mass is 439 g/mol. The predicted molar refractivity (Wildman–Crippen MR) is 98.4 cm³/mol. The van der Waals surface area contributed by atoms with Gasteiger partial charge in [0.05, 0.1) is 11.5 Å². The summed E-state index contributed by atoms with van der Waals surface area (Å²) in [6.07, 6.45) is 6.52. The van der Waals surface area contributed by atoms with Gasteiger partial charge in [-0.25, -0.2) is 4.79 Å². The van der Waals surface area contributed by atoms with Gasteiger partial charge in [0, 0.05) is 28.0 Å². The summed E-state index contributed by atoms with van der Waals surface area (Å²) in [6.45, 7) is 5.65. The number of nitrogens with zero attached hydrogens (tertiary/aromatic N) is 3. The fourth-order valence-corrected chi connectivity index (χ4v) is 4.42. The number of hydrogen-bond acceptors (Lipinski definition) is 4. The fourth-order valence-electron chi connectivity index (χ4n) is 3.93. The molecule has 5 nitrogen and oxygen atoms in total. The van der Waals surface area contributed by atoms with Crippen LogP contribution in [0.1, 0.15) is 52.0 Å². The van der Waals surface area contributed by atoms with Crippen LogP contribution in [-0.4, -0.2) is 33.7 Å². The molecule has 2 aliphatic rings. The molecule has 1 aromatic heterocycles. The molecule has 6 heteroatoms. The molecular weight excluding hydrogens is 417 g/mol. The van der Waals surface area contributed by atoms with E-state index in [1.165, 1.54) is 0 Å². The maximum absolute atomic E-state index is 12.6. The minimum absolute atomic E-state index is 0.0658. The van der Waals surface area contributed by atoms with Gasteiger partial charge in [0.25, 0.3) is 0 Å². The van der Waals surface area contributed by atoms with E-state index < -0.39 is 11.0 Å². The van der Waals surface area contributed by atoms with Crippen molar-refractivity contribution in [1.82, 2.24) is 9.88 Å². The van der Waals surface area contributed by atoms with Gasteiger partial charge in [0.15, 0.2) is 0 Å². The molecule has 0 radical (unpaired) electrons. The zero-order valence-corrected chi connectivity index (χ0v) is 16.4. The lowest BCUT2D eigenvalue weighted by Crippen LogP contribution is -2.52. The quantitative estimate of drug-likeness (QED) is 0.621. The first kappa shape index (κ1) is 17.5. The van der Waals surface area contributed by atoms with E-state index in [2.05, 4.69) is 33.6 Å². The Morgan fingerprint density at radius 1 is 1.38 bits per heavy atom. The molecule has 2 fully saturated rings. The highest BCUT2D eigenvalue weighted by Gasteiger charge is 2.52. The summed E-state index contributed by atoms with van der Waals surface area (Å²) in [5.74, 6) is 0. The Balaban J connectivity index is 1.86. The highest BCUT2D eigenvalue weighted by molar-refractivity contribution is 14.1. The average molecular weight is 439 g/mol. The molecule has 2 saturated heterocycles. The lowest BCUT2D eigenvalue weighted by molar-refractivity contribution is 0.00232. The number of ether oxygens (including phenoxy) is 1. The van der Waals surface area contributed by atoms with E-state index in [-0.39, 0.29) is 18.2 Å². The van der Waals surface area contributed by atoms with Crippen LogP contribution in [0.2, 0.25) is 0 Å². The summed E-state index contributed by atoms with van der Waals surface area (Å²) >= 11 is 2.22. The second-order valence-corrected chi connectivity index (χ2v) is 9.01. The number of nitriles is 1. The summed E-state index contributed by atoms with van der Waals surface area (Å²) in [5.41, 5.74) is -0.0872. The molecule has 1 amide bonds. The van der Waals surface area contributed by atoms with Crippen LogP contribution in [0.4, 0.5) is 4.79 Å². The number of carbonyl (C=O) groups excluding carboxylic acids is 1. The molecule has 0 aromatic carbocycles. The van der Waals surface area contributed by atoms with E-state index >= 15 is 0 Å². The van der Waals surface area contributed by atoms with Crippen LogP contribution in [0.15, 0.2) is 18.5 Å². The number of carbonyl (C=O) groups is 1. The highest BCUT2D eigenvalue weighted by atomic mass is 127. The van der Waals surface area contributed by atoms with E-state index in [1.807, 2.05) is 31.7 Å². The van der Waals surface area contributed by atoms with Crippen molar-refractivity contribution in [2.45, 2.75) is 69.6 Å². The number of hydrogen-bond donors (Lipinski definition) is 0. The van der Waals surface area contributed by atoms with Gasteiger partial charge in [-0.15, -0.1) is 0 Å². The highest BCUT2D eigenvalue weighted by Crippen LogP contribution is 2.47. The van der Waals surface area contributed by atoms with Crippen molar-refractivity contribution in [3.8, 4) is 6.07 Å². The van der Waals surface area contributed by atoms with Crippen molar-refractivity contribution >= 4 is 28.7 Å². The standard InChI is InChI=1S/C18H22IN3O2/c1-17(2,3)24-16(23)22-14-4-5-15(22)8-18(7-14,11-20)12-6-13(19)10-21-9-12/h6,9-10,14-15H,4-5,7-8H2,1-3H3/t14-,15?,18?/m0/s1. The van der Waals surface area contributed by atoms with Crippen LogP contribution in [0.3, 0.4) is 0 Å². The van der Waals surface area contributed by atoms with Crippen LogP contribution in [0.5, 0.6) is 0 Å². The van der Waals surface area contributed by atoms with E-state index in [9.17, 15) is 10.1 Å². The van der Waals surface area contributed by atoms with E-state index in [1.54, 1.807) is 12.4 Å². The van der Waals surface area contributed by atoms with Crippen LogP contribution in [0.25, 0.3) is 0 Å². The molecule has 3 heterocycles. The van der Waals surface area contributed by atoms with Gasteiger partial charge in [-0.2, -0.15) is 5.26 Å². The number of halogens is 1. The van der Waals surface area contributed by atoms with Crippen molar-refractivity contribution in [3.05, 3.63) is 27.6 Å². The Kier molecular flexibility index (Phi) is 4.49. The summed E-state index contributed by atoms with van der Waals surface area (Å²) in [7, 11) is 0. The molecule has 0 saturated carbocycles. The Morgan fingerprint density at radius 2 is 2.00 bits per heavy atom. The van der Waals surface area contributed by atoms with E-state index in [0.717, 1.165) is 22.0 Å². The van der Waals surface area contributed by atoms with Crippen molar-refractivity contribution < 1.29 is 9.53 Å². The number of rotatable bonds is 1. The van der Waals surface area contributed by atoms with Crippen LogP contribution < -0.4 is 0 Å².